The van der Waals surface area contributed by atoms with Crippen LogP contribution in [-0.4, -0.2) is 17.1 Å². The third kappa shape index (κ3) is 4.02. The predicted molar refractivity (Wildman–Crippen MR) is 66.3 cm³/mol. The summed E-state index contributed by atoms with van der Waals surface area (Å²) in [7, 11) is 0. The molecule has 0 amide bonds. The first kappa shape index (κ1) is 15.6. The normalized spacial score (nSPS) is 14.8. The van der Waals surface area contributed by atoms with Gasteiger partial charge in [-0.2, -0.15) is 13.2 Å². The van der Waals surface area contributed by atoms with Crippen LogP contribution in [-0.2, 0) is 11.0 Å². The van der Waals surface area contributed by atoms with Crippen LogP contribution in [0.15, 0.2) is 18.2 Å². The lowest BCUT2D eigenvalue weighted by atomic mass is 10.0. The lowest BCUT2D eigenvalue weighted by Crippen LogP contribution is -2.29. The largest absolute Gasteiger partial charge is 0.481 e. The number of rotatable bonds is 4. The summed E-state index contributed by atoms with van der Waals surface area (Å²) < 4.78 is 37.7. The van der Waals surface area contributed by atoms with Crippen molar-refractivity contribution in [1.29, 1.82) is 0 Å². The van der Waals surface area contributed by atoms with Crippen molar-refractivity contribution in [3.63, 3.8) is 0 Å². The van der Waals surface area contributed by atoms with E-state index in [9.17, 15) is 18.0 Å². The van der Waals surface area contributed by atoms with Gasteiger partial charge >= 0.3 is 12.1 Å². The molecule has 0 saturated carbocycles. The first-order valence-electron chi connectivity index (χ1n) is 5.49. The van der Waals surface area contributed by atoms with E-state index in [2.05, 4.69) is 5.32 Å². The molecule has 0 spiro atoms. The lowest BCUT2D eigenvalue weighted by molar-refractivity contribution is -0.141. The Balaban J connectivity index is 2.98. The minimum atomic E-state index is -4.47. The maximum Gasteiger partial charge on any atom is 0.416 e. The molecule has 19 heavy (non-hydrogen) atoms. The van der Waals surface area contributed by atoms with E-state index in [0.717, 1.165) is 18.2 Å². The number of hydrogen-bond donors (Lipinski definition) is 2. The van der Waals surface area contributed by atoms with Gasteiger partial charge in [-0.15, -0.1) is 0 Å². The fourth-order valence-corrected chi connectivity index (χ4v) is 1.57. The van der Waals surface area contributed by atoms with Gasteiger partial charge in [0.2, 0.25) is 0 Å². The molecule has 0 bridgehead atoms. The van der Waals surface area contributed by atoms with Crippen LogP contribution in [0.1, 0.15) is 19.4 Å². The number of aliphatic carboxylic acids is 1. The standard InChI is InChI=1S/C12H13ClF3NO2/c1-6(11(18)19)7(2)17-10-5-8(12(14,15)16)3-4-9(10)13/h3-7,17H,1-2H3,(H,18,19). The second-order valence-electron chi connectivity index (χ2n) is 4.25. The molecular formula is C12H13ClF3NO2. The van der Waals surface area contributed by atoms with Gasteiger partial charge in [0.05, 0.1) is 22.2 Å². The fraction of sp³-hybridized carbons (Fsp3) is 0.417. The number of carboxylic acid groups (broad SMARTS) is 1. The van der Waals surface area contributed by atoms with E-state index in [1.807, 2.05) is 0 Å². The van der Waals surface area contributed by atoms with Crippen molar-refractivity contribution < 1.29 is 23.1 Å². The molecule has 2 atom stereocenters. The van der Waals surface area contributed by atoms with Crippen molar-refractivity contribution >= 4 is 23.3 Å². The average molecular weight is 296 g/mol. The molecule has 0 aromatic heterocycles. The Kier molecular flexibility index (Phi) is 4.68. The molecule has 0 aliphatic rings. The molecule has 0 fully saturated rings. The smallest absolute Gasteiger partial charge is 0.416 e. The van der Waals surface area contributed by atoms with Gasteiger partial charge in [0.25, 0.3) is 0 Å². The molecule has 1 aromatic rings. The van der Waals surface area contributed by atoms with Crippen molar-refractivity contribution in [3.05, 3.63) is 28.8 Å². The molecule has 0 heterocycles. The Labute approximate surface area is 113 Å². The van der Waals surface area contributed by atoms with Crippen molar-refractivity contribution in [2.45, 2.75) is 26.1 Å². The fourth-order valence-electron chi connectivity index (χ4n) is 1.40. The minimum absolute atomic E-state index is 0.0668. The summed E-state index contributed by atoms with van der Waals surface area (Å²) in [4.78, 5) is 10.8. The maximum atomic E-state index is 12.6. The number of alkyl halides is 3. The predicted octanol–water partition coefficient (Wildman–Crippen LogP) is 3.88. The highest BCUT2D eigenvalue weighted by Gasteiger charge is 2.31. The number of carbonyl (C=O) groups is 1. The van der Waals surface area contributed by atoms with Crippen molar-refractivity contribution in [2.75, 3.05) is 5.32 Å². The van der Waals surface area contributed by atoms with E-state index in [4.69, 9.17) is 16.7 Å². The first-order chi connectivity index (χ1) is 8.62. The van der Waals surface area contributed by atoms with Crippen LogP contribution in [0.4, 0.5) is 18.9 Å². The zero-order chi connectivity index (χ0) is 14.8. The van der Waals surface area contributed by atoms with Gasteiger partial charge in [-0.05, 0) is 32.0 Å². The Morgan fingerprint density at radius 2 is 1.95 bits per heavy atom. The van der Waals surface area contributed by atoms with Crippen molar-refractivity contribution in [2.24, 2.45) is 5.92 Å². The molecule has 2 unspecified atom stereocenters. The second kappa shape index (κ2) is 5.69. The van der Waals surface area contributed by atoms with Gasteiger partial charge in [-0.25, -0.2) is 0 Å². The van der Waals surface area contributed by atoms with E-state index in [0.29, 0.717) is 0 Å². The van der Waals surface area contributed by atoms with Crippen molar-refractivity contribution in [3.8, 4) is 0 Å². The van der Waals surface area contributed by atoms with Crippen LogP contribution in [0.5, 0.6) is 0 Å². The Bertz CT molecular complexity index is 477. The summed E-state index contributed by atoms with van der Waals surface area (Å²) in [5.74, 6) is -1.80. The summed E-state index contributed by atoms with van der Waals surface area (Å²) in [5.41, 5.74) is -0.772. The Morgan fingerprint density at radius 3 is 2.42 bits per heavy atom. The van der Waals surface area contributed by atoms with Crippen LogP contribution >= 0.6 is 11.6 Å². The average Bonchev–Trinajstić information content (AvgIpc) is 2.29. The van der Waals surface area contributed by atoms with Gasteiger partial charge in [-0.3, -0.25) is 4.79 Å². The van der Waals surface area contributed by atoms with Gasteiger partial charge in [0, 0.05) is 6.04 Å². The van der Waals surface area contributed by atoms with Gasteiger partial charge in [0.15, 0.2) is 0 Å². The second-order valence-corrected chi connectivity index (χ2v) is 4.66. The highest BCUT2D eigenvalue weighted by Crippen LogP contribution is 2.34. The topological polar surface area (TPSA) is 49.3 Å². The summed E-state index contributed by atoms with van der Waals surface area (Å²) in [6.07, 6.45) is -4.47. The third-order valence-corrected chi connectivity index (χ3v) is 3.15. The zero-order valence-corrected chi connectivity index (χ0v) is 11.0. The molecule has 0 aliphatic heterocycles. The molecule has 1 rings (SSSR count). The van der Waals surface area contributed by atoms with Gasteiger partial charge in [0.1, 0.15) is 0 Å². The quantitative estimate of drug-likeness (QED) is 0.886. The monoisotopic (exact) mass is 295 g/mol. The van der Waals surface area contributed by atoms with Crippen LogP contribution in [0, 0.1) is 5.92 Å². The van der Waals surface area contributed by atoms with E-state index >= 15 is 0 Å². The summed E-state index contributed by atoms with van der Waals surface area (Å²) in [6.45, 7) is 3.02. The lowest BCUT2D eigenvalue weighted by Gasteiger charge is -2.20. The minimum Gasteiger partial charge on any atom is -0.481 e. The van der Waals surface area contributed by atoms with Gasteiger partial charge in [-0.1, -0.05) is 11.6 Å². The van der Waals surface area contributed by atoms with Crippen LogP contribution in [0.25, 0.3) is 0 Å². The number of nitrogens with one attached hydrogen (secondary N) is 1. The van der Waals surface area contributed by atoms with Gasteiger partial charge < -0.3 is 10.4 Å². The molecule has 3 nitrogen and oxygen atoms in total. The van der Waals surface area contributed by atoms with E-state index in [1.165, 1.54) is 6.92 Å². The molecule has 0 saturated heterocycles. The molecule has 7 heteroatoms. The number of hydrogen-bond acceptors (Lipinski definition) is 2. The SMILES string of the molecule is CC(Nc1cc(C(F)(F)F)ccc1Cl)C(C)C(=O)O. The highest BCUT2D eigenvalue weighted by molar-refractivity contribution is 6.33. The zero-order valence-electron chi connectivity index (χ0n) is 10.3. The van der Waals surface area contributed by atoms with Crippen molar-refractivity contribution in [1.82, 2.24) is 0 Å². The highest BCUT2D eigenvalue weighted by atomic mass is 35.5. The summed E-state index contributed by atoms with van der Waals surface area (Å²) >= 11 is 5.80. The number of benzene rings is 1. The molecular weight excluding hydrogens is 283 g/mol. The summed E-state index contributed by atoms with van der Waals surface area (Å²) in [6, 6.07) is 2.32. The summed E-state index contributed by atoms with van der Waals surface area (Å²) in [5, 5.41) is 11.6. The van der Waals surface area contributed by atoms with E-state index < -0.39 is 29.7 Å². The third-order valence-electron chi connectivity index (χ3n) is 2.82. The van der Waals surface area contributed by atoms with Crippen LogP contribution in [0.2, 0.25) is 5.02 Å². The number of anilines is 1. The first-order valence-corrected chi connectivity index (χ1v) is 5.87. The molecule has 0 aliphatic carbocycles. The number of carboxylic acids is 1. The molecule has 106 valence electrons. The van der Waals surface area contributed by atoms with E-state index in [-0.39, 0.29) is 10.7 Å². The van der Waals surface area contributed by atoms with E-state index in [1.54, 1.807) is 6.92 Å². The molecule has 0 radical (unpaired) electrons. The van der Waals surface area contributed by atoms with Crippen LogP contribution in [0.3, 0.4) is 0 Å². The molecule has 2 N–H and O–H groups in total. The molecule has 1 aromatic carbocycles. The Hall–Kier alpha value is -1.43. The maximum absolute atomic E-state index is 12.6. The number of halogens is 4. The Morgan fingerprint density at radius 1 is 1.37 bits per heavy atom. The van der Waals surface area contributed by atoms with Crippen LogP contribution < -0.4 is 5.32 Å².